The van der Waals surface area contributed by atoms with Crippen molar-refractivity contribution in [2.24, 2.45) is 0 Å². The van der Waals surface area contributed by atoms with Crippen LogP contribution in [0, 0.1) is 0 Å². The van der Waals surface area contributed by atoms with Crippen LogP contribution < -0.4 is 10.2 Å². The Bertz CT molecular complexity index is 772. The average molecular weight is 398 g/mol. The molecule has 0 unspecified atom stereocenters. The Morgan fingerprint density at radius 2 is 1.64 bits per heavy atom. The van der Waals surface area contributed by atoms with Gasteiger partial charge in [0, 0.05) is 43.2 Å². The molecule has 5 nitrogen and oxygen atoms in total. The minimum atomic E-state index is -0.203. The fourth-order valence-corrected chi connectivity index (χ4v) is 3.83. The van der Waals surface area contributed by atoms with E-state index in [0.717, 1.165) is 24.6 Å². The topological polar surface area (TPSA) is 52.7 Å². The summed E-state index contributed by atoms with van der Waals surface area (Å²) >= 11 is 1.85. The SMILES string of the molecule is CCSCc1ccc(C(=O)NCC(=O)N2CCN(c3ccccc3)CC2)cc1. The number of benzene rings is 2. The first-order valence-electron chi connectivity index (χ1n) is 9.70. The van der Waals surface area contributed by atoms with Gasteiger partial charge in [-0.2, -0.15) is 11.8 Å². The number of rotatable bonds is 7. The number of carbonyl (C=O) groups excluding carboxylic acids is 2. The fourth-order valence-electron chi connectivity index (χ4n) is 3.19. The summed E-state index contributed by atoms with van der Waals surface area (Å²) in [7, 11) is 0. The Kier molecular flexibility index (Phi) is 7.37. The predicted molar refractivity (Wildman–Crippen MR) is 116 cm³/mol. The number of nitrogens with one attached hydrogen (secondary N) is 1. The van der Waals surface area contributed by atoms with Crippen LogP contribution >= 0.6 is 11.8 Å². The van der Waals surface area contributed by atoms with E-state index in [-0.39, 0.29) is 18.4 Å². The van der Waals surface area contributed by atoms with Crippen molar-refractivity contribution in [1.29, 1.82) is 0 Å². The van der Waals surface area contributed by atoms with Gasteiger partial charge in [-0.25, -0.2) is 0 Å². The molecule has 6 heteroatoms. The third-order valence-corrected chi connectivity index (χ3v) is 5.79. The third-order valence-electron chi connectivity index (χ3n) is 4.84. The molecule has 28 heavy (non-hydrogen) atoms. The molecular weight excluding hydrogens is 370 g/mol. The van der Waals surface area contributed by atoms with E-state index < -0.39 is 0 Å². The van der Waals surface area contributed by atoms with Gasteiger partial charge in [0.05, 0.1) is 6.54 Å². The van der Waals surface area contributed by atoms with Crippen LogP contribution in [0.2, 0.25) is 0 Å². The lowest BCUT2D eigenvalue weighted by Crippen LogP contribution is -2.51. The van der Waals surface area contributed by atoms with Crippen LogP contribution in [0.15, 0.2) is 54.6 Å². The third kappa shape index (κ3) is 5.52. The minimum absolute atomic E-state index is 0.0305. The summed E-state index contributed by atoms with van der Waals surface area (Å²) in [6.45, 7) is 5.13. The molecule has 1 saturated heterocycles. The van der Waals surface area contributed by atoms with Gasteiger partial charge in [0.25, 0.3) is 5.91 Å². The van der Waals surface area contributed by atoms with Gasteiger partial charge in [0.1, 0.15) is 0 Å². The zero-order valence-corrected chi connectivity index (χ0v) is 17.1. The van der Waals surface area contributed by atoms with Crippen LogP contribution in [-0.4, -0.2) is 55.2 Å². The van der Waals surface area contributed by atoms with E-state index in [1.165, 1.54) is 11.3 Å². The lowest BCUT2D eigenvalue weighted by atomic mass is 10.1. The summed E-state index contributed by atoms with van der Waals surface area (Å²) in [6, 6.07) is 17.8. The predicted octanol–water partition coefficient (Wildman–Crippen LogP) is 3.02. The highest BCUT2D eigenvalue weighted by atomic mass is 32.2. The van der Waals surface area contributed by atoms with Crippen molar-refractivity contribution in [3.8, 4) is 0 Å². The van der Waals surface area contributed by atoms with Crippen molar-refractivity contribution in [1.82, 2.24) is 10.2 Å². The molecule has 1 N–H and O–H groups in total. The summed E-state index contributed by atoms with van der Waals surface area (Å²) < 4.78 is 0. The number of piperazine rings is 1. The number of amides is 2. The molecule has 0 radical (unpaired) electrons. The van der Waals surface area contributed by atoms with E-state index >= 15 is 0 Å². The second kappa shape index (κ2) is 10.2. The van der Waals surface area contributed by atoms with E-state index in [1.54, 1.807) is 0 Å². The quantitative estimate of drug-likeness (QED) is 0.780. The van der Waals surface area contributed by atoms with Crippen LogP contribution in [-0.2, 0) is 10.5 Å². The first-order valence-corrected chi connectivity index (χ1v) is 10.9. The van der Waals surface area contributed by atoms with Crippen molar-refractivity contribution >= 4 is 29.3 Å². The number of hydrogen-bond donors (Lipinski definition) is 1. The molecule has 0 atom stereocenters. The van der Waals surface area contributed by atoms with Crippen LogP contribution in [0.1, 0.15) is 22.8 Å². The van der Waals surface area contributed by atoms with Gasteiger partial charge >= 0.3 is 0 Å². The van der Waals surface area contributed by atoms with Gasteiger partial charge in [0.15, 0.2) is 0 Å². The van der Waals surface area contributed by atoms with Crippen molar-refractivity contribution in [2.75, 3.05) is 43.4 Å². The van der Waals surface area contributed by atoms with Crippen molar-refractivity contribution in [3.63, 3.8) is 0 Å². The number of hydrogen-bond acceptors (Lipinski definition) is 4. The minimum Gasteiger partial charge on any atom is -0.368 e. The molecule has 2 aromatic rings. The maximum absolute atomic E-state index is 12.4. The smallest absolute Gasteiger partial charge is 0.251 e. The van der Waals surface area contributed by atoms with E-state index in [0.29, 0.717) is 18.7 Å². The van der Waals surface area contributed by atoms with E-state index in [9.17, 15) is 9.59 Å². The Labute approximate surface area is 171 Å². The summed E-state index contributed by atoms with van der Waals surface area (Å²) in [5, 5.41) is 2.75. The first-order chi connectivity index (χ1) is 13.7. The monoisotopic (exact) mass is 397 g/mol. The van der Waals surface area contributed by atoms with Gasteiger partial charge in [-0.05, 0) is 35.6 Å². The van der Waals surface area contributed by atoms with Gasteiger partial charge in [0.2, 0.25) is 5.91 Å². The summed E-state index contributed by atoms with van der Waals surface area (Å²) in [6.07, 6.45) is 0. The second-order valence-corrected chi connectivity index (χ2v) is 7.99. The fraction of sp³-hybridized carbons (Fsp3) is 0.364. The number of carbonyl (C=O) groups is 2. The number of thioether (sulfide) groups is 1. The molecule has 0 saturated carbocycles. The molecule has 1 aliphatic rings. The van der Waals surface area contributed by atoms with Crippen molar-refractivity contribution < 1.29 is 9.59 Å². The largest absolute Gasteiger partial charge is 0.368 e. The first kappa shape index (κ1) is 20.3. The Hall–Kier alpha value is -2.47. The van der Waals surface area contributed by atoms with Crippen LogP contribution in [0.25, 0.3) is 0 Å². The zero-order valence-electron chi connectivity index (χ0n) is 16.3. The normalized spacial score (nSPS) is 14.0. The van der Waals surface area contributed by atoms with E-state index in [1.807, 2.05) is 59.1 Å². The van der Waals surface area contributed by atoms with Crippen molar-refractivity contribution in [3.05, 3.63) is 65.7 Å². The maximum atomic E-state index is 12.4. The molecule has 2 amide bonds. The van der Waals surface area contributed by atoms with Crippen LogP contribution in [0.5, 0.6) is 0 Å². The second-order valence-electron chi connectivity index (χ2n) is 6.72. The molecule has 2 aromatic carbocycles. The average Bonchev–Trinajstić information content (AvgIpc) is 2.77. The van der Waals surface area contributed by atoms with E-state index in [4.69, 9.17) is 0 Å². The Balaban J connectivity index is 1.43. The number of nitrogens with zero attached hydrogens (tertiary/aromatic N) is 2. The molecular formula is C22H27N3O2S. The van der Waals surface area contributed by atoms with Gasteiger partial charge in [-0.3, -0.25) is 9.59 Å². The Morgan fingerprint density at radius 1 is 0.964 bits per heavy atom. The van der Waals surface area contributed by atoms with Crippen molar-refractivity contribution in [2.45, 2.75) is 12.7 Å². The molecule has 1 heterocycles. The van der Waals surface area contributed by atoms with Crippen LogP contribution in [0.4, 0.5) is 5.69 Å². The highest BCUT2D eigenvalue weighted by molar-refractivity contribution is 7.98. The molecule has 0 aliphatic carbocycles. The zero-order chi connectivity index (χ0) is 19.8. The maximum Gasteiger partial charge on any atom is 0.251 e. The summed E-state index contributed by atoms with van der Waals surface area (Å²) in [5.74, 6) is 1.79. The molecule has 148 valence electrons. The Morgan fingerprint density at radius 3 is 2.29 bits per heavy atom. The lowest BCUT2D eigenvalue weighted by molar-refractivity contribution is -0.130. The van der Waals surface area contributed by atoms with Crippen LogP contribution in [0.3, 0.4) is 0 Å². The molecule has 1 fully saturated rings. The van der Waals surface area contributed by atoms with Gasteiger partial charge in [-0.1, -0.05) is 37.3 Å². The summed E-state index contributed by atoms with van der Waals surface area (Å²) in [5.41, 5.74) is 2.98. The highest BCUT2D eigenvalue weighted by Crippen LogP contribution is 2.15. The number of anilines is 1. The van der Waals surface area contributed by atoms with E-state index in [2.05, 4.69) is 29.3 Å². The molecule has 3 rings (SSSR count). The summed E-state index contributed by atoms with van der Waals surface area (Å²) in [4.78, 5) is 28.8. The molecule has 1 aliphatic heterocycles. The standard InChI is InChI=1S/C22H27N3O2S/c1-2-28-17-18-8-10-19(11-9-18)22(27)23-16-21(26)25-14-12-24(13-15-25)20-6-4-3-5-7-20/h3-11H,2,12-17H2,1H3,(H,23,27). The molecule has 0 aromatic heterocycles. The van der Waals surface area contributed by atoms with Gasteiger partial charge in [-0.15, -0.1) is 0 Å². The molecule has 0 bridgehead atoms. The molecule has 0 spiro atoms. The highest BCUT2D eigenvalue weighted by Gasteiger charge is 2.21. The number of para-hydroxylation sites is 1. The van der Waals surface area contributed by atoms with Gasteiger partial charge < -0.3 is 15.1 Å². The lowest BCUT2D eigenvalue weighted by Gasteiger charge is -2.36.